The summed E-state index contributed by atoms with van der Waals surface area (Å²) in [7, 11) is 7.74. The minimum Gasteiger partial charge on any atom is -0.497 e. The van der Waals surface area contributed by atoms with Crippen molar-refractivity contribution in [2.75, 3.05) is 54.4 Å². The van der Waals surface area contributed by atoms with Crippen molar-refractivity contribution in [2.24, 2.45) is 4.99 Å². The maximum absolute atomic E-state index is 5.31. The summed E-state index contributed by atoms with van der Waals surface area (Å²) in [5.41, 5.74) is 1.37. The van der Waals surface area contributed by atoms with Crippen LogP contribution in [-0.2, 0) is 0 Å². The van der Waals surface area contributed by atoms with Gasteiger partial charge in [0.1, 0.15) is 5.75 Å². The van der Waals surface area contributed by atoms with E-state index < -0.39 is 0 Å². The first kappa shape index (κ1) is 25.0. The molecule has 0 aromatic heterocycles. The van der Waals surface area contributed by atoms with Crippen LogP contribution in [0.4, 0.5) is 0 Å². The second-order valence-corrected chi connectivity index (χ2v) is 8.05. The lowest BCUT2D eigenvalue weighted by molar-refractivity contribution is 0.197. The predicted octanol–water partition coefficient (Wildman–Crippen LogP) is 2.96. The molecule has 28 heavy (non-hydrogen) atoms. The lowest BCUT2D eigenvalue weighted by atomic mass is 10.0. The summed E-state index contributed by atoms with van der Waals surface area (Å²) in [6.45, 7) is 8.40. The Labute approximate surface area is 188 Å². The molecule has 1 aromatic carbocycles. The highest BCUT2D eigenvalue weighted by Crippen LogP contribution is 2.26. The first-order chi connectivity index (χ1) is 12.9. The quantitative estimate of drug-likeness (QED) is 0.325. The van der Waals surface area contributed by atoms with Crippen molar-refractivity contribution < 1.29 is 4.74 Å². The molecule has 1 saturated heterocycles. The van der Waals surface area contributed by atoms with Crippen molar-refractivity contribution >= 4 is 29.9 Å². The molecule has 0 saturated carbocycles. The lowest BCUT2D eigenvalue weighted by Gasteiger charge is -2.34. The lowest BCUT2D eigenvalue weighted by Crippen LogP contribution is -2.51. The molecule has 0 bridgehead atoms. The molecule has 1 unspecified atom stereocenters. The van der Waals surface area contributed by atoms with Gasteiger partial charge in [0.25, 0.3) is 0 Å². The van der Waals surface area contributed by atoms with Crippen molar-refractivity contribution in [2.45, 2.75) is 38.3 Å². The highest BCUT2D eigenvalue weighted by Gasteiger charge is 2.24. The van der Waals surface area contributed by atoms with Gasteiger partial charge in [-0.3, -0.25) is 9.89 Å². The Balaban J connectivity index is 0.00000392. The number of likely N-dealkylation sites (tertiary alicyclic amines) is 1. The highest BCUT2D eigenvalue weighted by molar-refractivity contribution is 14.0. The molecule has 2 rings (SSSR count). The van der Waals surface area contributed by atoms with Gasteiger partial charge in [0.2, 0.25) is 0 Å². The van der Waals surface area contributed by atoms with Gasteiger partial charge in [0.15, 0.2) is 5.96 Å². The van der Waals surface area contributed by atoms with Crippen LogP contribution in [0.2, 0.25) is 0 Å². The van der Waals surface area contributed by atoms with Crippen LogP contribution in [0.1, 0.15) is 38.3 Å². The fraction of sp³-hybridized carbons (Fsp3) is 0.667. The topological polar surface area (TPSA) is 52.1 Å². The van der Waals surface area contributed by atoms with Crippen molar-refractivity contribution in [3.8, 4) is 5.75 Å². The number of aliphatic imine (C=N–C) groups is 1. The van der Waals surface area contributed by atoms with Crippen LogP contribution in [0.3, 0.4) is 0 Å². The molecule has 0 spiro atoms. The van der Waals surface area contributed by atoms with Crippen LogP contribution in [0, 0.1) is 0 Å². The number of likely N-dealkylation sites (N-methyl/N-ethyl adjacent to an activating group) is 1. The van der Waals surface area contributed by atoms with E-state index in [0.29, 0.717) is 6.04 Å². The summed E-state index contributed by atoms with van der Waals surface area (Å²) >= 11 is 0. The summed E-state index contributed by atoms with van der Waals surface area (Å²) in [5.74, 6) is 1.75. The zero-order chi connectivity index (χ0) is 19.9. The monoisotopic (exact) mass is 503 g/mol. The average molecular weight is 503 g/mol. The zero-order valence-corrected chi connectivity index (χ0v) is 20.6. The van der Waals surface area contributed by atoms with E-state index in [2.05, 4.69) is 65.5 Å². The second-order valence-electron chi connectivity index (χ2n) is 8.05. The second kappa shape index (κ2) is 11.8. The van der Waals surface area contributed by atoms with E-state index in [4.69, 9.17) is 4.74 Å². The number of methoxy groups -OCH3 is 1. The van der Waals surface area contributed by atoms with E-state index in [9.17, 15) is 0 Å². The van der Waals surface area contributed by atoms with Gasteiger partial charge in [-0.2, -0.15) is 0 Å². The number of nitrogens with zero attached hydrogens (tertiary/aromatic N) is 3. The molecular formula is C21H38IN5O. The number of rotatable bonds is 8. The van der Waals surface area contributed by atoms with Crippen LogP contribution >= 0.6 is 24.0 Å². The van der Waals surface area contributed by atoms with Gasteiger partial charge in [0.05, 0.1) is 13.2 Å². The molecular weight excluding hydrogens is 465 g/mol. The van der Waals surface area contributed by atoms with E-state index >= 15 is 0 Å². The molecule has 160 valence electrons. The molecule has 2 N–H and O–H groups in total. The van der Waals surface area contributed by atoms with E-state index in [1.54, 1.807) is 7.11 Å². The van der Waals surface area contributed by atoms with Gasteiger partial charge in [-0.1, -0.05) is 12.1 Å². The van der Waals surface area contributed by atoms with Gasteiger partial charge < -0.3 is 20.3 Å². The first-order valence-electron chi connectivity index (χ1n) is 9.87. The molecule has 1 aliphatic rings. The molecule has 6 nitrogen and oxygen atoms in total. The van der Waals surface area contributed by atoms with Crippen molar-refractivity contribution in [1.82, 2.24) is 20.4 Å². The molecule has 1 atom stereocenters. The van der Waals surface area contributed by atoms with Crippen molar-refractivity contribution in [3.63, 3.8) is 0 Å². The number of benzene rings is 1. The van der Waals surface area contributed by atoms with E-state index in [1.807, 2.05) is 19.2 Å². The molecule has 1 heterocycles. The first-order valence-corrected chi connectivity index (χ1v) is 9.87. The Morgan fingerprint density at radius 2 is 1.79 bits per heavy atom. The van der Waals surface area contributed by atoms with E-state index in [1.165, 1.54) is 18.4 Å². The van der Waals surface area contributed by atoms with Gasteiger partial charge >= 0.3 is 0 Å². The summed E-state index contributed by atoms with van der Waals surface area (Å²) in [6.07, 6.45) is 2.55. The summed E-state index contributed by atoms with van der Waals surface area (Å²) in [6, 6.07) is 8.78. The minimum atomic E-state index is 0. The fourth-order valence-electron chi connectivity index (χ4n) is 3.21. The van der Waals surface area contributed by atoms with Crippen LogP contribution < -0.4 is 15.4 Å². The minimum absolute atomic E-state index is 0. The Morgan fingerprint density at radius 3 is 2.29 bits per heavy atom. The van der Waals surface area contributed by atoms with Gasteiger partial charge in [-0.15, -0.1) is 24.0 Å². The maximum atomic E-state index is 5.31. The van der Waals surface area contributed by atoms with E-state index in [0.717, 1.165) is 37.9 Å². The third-order valence-corrected chi connectivity index (χ3v) is 5.67. The van der Waals surface area contributed by atoms with Crippen molar-refractivity contribution in [1.29, 1.82) is 0 Å². The van der Waals surface area contributed by atoms with Crippen molar-refractivity contribution in [3.05, 3.63) is 29.8 Å². The molecule has 0 radical (unpaired) electrons. The highest BCUT2D eigenvalue weighted by atomic mass is 127. The van der Waals surface area contributed by atoms with E-state index in [-0.39, 0.29) is 29.5 Å². The molecule has 1 fully saturated rings. The number of halogens is 1. The molecule has 0 aliphatic carbocycles. The number of nitrogens with one attached hydrogen (secondary N) is 2. The largest absolute Gasteiger partial charge is 0.497 e. The predicted molar refractivity (Wildman–Crippen MR) is 129 cm³/mol. The average Bonchev–Trinajstić information content (AvgIpc) is 3.19. The van der Waals surface area contributed by atoms with Gasteiger partial charge in [0, 0.05) is 25.7 Å². The Morgan fingerprint density at radius 1 is 1.18 bits per heavy atom. The Hall–Kier alpha value is -1.06. The van der Waals surface area contributed by atoms with Crippen LogP contribution in [-0.4, -0.2) is 75.7 Å². The molecule has 1 aromatic rings. The number of hydrogen-bond donors (Lipinski definition) is 2. The standard InChI is InChI=1S/C21H37N5O.HI/c1-21(2,25(4)5)16-24-20(22-3)23-15-19(26-13-7-8-14-26)17-9-11-18(27-6)12-10-17;/h9-12,19H,7-8,13-16H2,1-6H3,(H2,22,23,24);1H. The zero-order valence-electron chi connectivity index (χ0n) is 18.3. The third kappa shape index (κ3) is 7.08. The van der Waals surface area contributed by atoms with Crippen LogP contribution in [0.15, 0.2) is 29.3 Å². The van der Waals surface area contributed by atoms with Gasteiger partial charge in [-0.25, -0.2) is 0 Å². The molecule has 1 aliphatic heterocycles. The van der Waals surface area contributed by atoms with Gasteiger partial charge in [-0.05, 0) is 71.6 Å². The van der Waals surface area contributed by atoms with Crippen LogP contribution in [0.5, 0.6) is 5.75 Å². The molecule has 0 amide bonds. The SMILES string of the molecule is CN=C(NCC(c1ccc(OC)cc1)N1CCCC1)NCC(C)(C)N(C)C.I. The number of ether oxygens (including phenoxy) is 1. The van der Waals surface area contributed by atoms with Crippen LogP contribution in [0.25, 0.3) is 0 Å². The Bertz CT molecular complexity index is 597. The number of hydrogen-bond acceptors (Lipinski definition) is 4. The maximum Gasteiger partial charge on any atom is 0.191 e. The Kier molecular flexibility index (Phi) is 10.5. The smallest absolute Gasteiger partial charge is 0.191 e. The summed E-state index contributed by atoms with van der Waals surface area (Å²) in [5, 5.41) is 7.00. The molecule has 7 heteroatoms. The number of guanidine groups is 1. The third-order valence-electron chi connectivity index (χ3n) is 5.67. The normalized spacial score (nSPS) is 16.6. The summed E-state index contributed by atoms with van der Waals surface area (Å²) < 4.78 is 5.31. The summed E-state index contributed by atoms with van der Waals surface area (Å²) in [4.78, 5) is 9.19. The fourth-order valence-corrected chi connectivity index (χ4v) is 3.21.